The maximum absolute atomic E-state index is 12.8. The molecule has 1 heterocycles. The molecule has 1 aliphatic rings. The summed E-state index contributed by atoms with van der Waals surface area (Å²) in [7, 11) is 0. The number of benzene rings is 2. The Morgan fingerprint density at radius 3 is 2.50 bits per heavy atom. The summed E-state index contributed by atoms with van der Waals surface area (Å²) in [6.07, 6.45) is 3.53. The Morgan fingerprint density at radius 1 is 1.00 bits per heavy atom. The minimum atomic E-state index is -0.835. The maximum Gasteiger partial charge on any atom is 0.303 e. The smallest absolute Gasteiger partial charge is 0.303 e. The molecular weight excluding hydrogens is 480 g/mol. The number of nitrogens with one attached hydrogen (secondary N) is 2. The zero-order chi connectivity index (χ0) is 22.9. The van der Waals surface area contributed by atoms with Gasteiger partial charge in [0, 0.05) is 23.0 Å². The van der Waals surface area contributed by atoms with Crippen LogP contribution in [0.5, 0.6) is 11.5 Å². The predicted molar refractivity (Wildman–Crippen MR) is 121 cm³/mol. The van der Waals surface area contributed by atoms with E-state index in [0.29, 0.717) is 48.4 Å². The zero-order valence-corrected chi connectivity index (χ0v) is 18.8. The van der Waals surface area contributed by atoms with Crippen LogP contribution in [0.2, 0.25) is 0 Å². The molecule has 168 valence electrons. The van der Waals surface area contributed by atoms with Gasteiger partial charge in [0.15, 0.2) is 11.5 Å². The lowest BCUT2D eigenvalue weighted by Crippen LogP contribution is -2.35. The topological polar surface area (TPSA) is 114 Å². The number of hydrogen-bond acceptors (Lipinski definition) is 5. The number of hydrogen-bond donors (Lipinski definition) is 3. The lowest BCUT2D eigenvalue weighted by molar-refractivity contribution is -0.137. The van der Waals surface area contributed by atoms with Gasteiger partial charge < -0.3 is 25.2 Å². The maximum atomic E-state index is 12.8. The minimum absolute atomic E-state index is 0.0855. The number of aliphatic carboxylic acids is 1. The molecule has 0 saturated carbocycles. The van der Waals surface area contributed by atoms with Gasteiger partial charge in [-0.05, 0) is 60.9 Å². The van der Waals surface area contributed by atoms with E-state index in [9.17, 15) is 14.4 Å². The number of halogens is 1. The quantitative estimate of drug-likeness (QED) is 0.337. The fourth-order valence-corrected chi connectivity index (χ4v) is 3.26. The summed E-state index contributed by atoms with van der Waals surface area (Å²) in [6, 6.07) is 12.0. The molecule has 0 spiro atoms. The lowest BCUT2D eigenvalue weighted by Gasteiger charge is -2.11. The van der Waals surface area contributed by atoms with Crippen molar-refractivity contribution in [1.29, 1.82) is 0 Å². The van der Waals surface area contributed by atoms with Gasteiger partial charge in [0.1, 0.15) is 5.70 Å². The van der Waals surface area contributed by atoms with E-state index in [0.717, 1.165) is 4.47 Å². The molecule has 0 radical (unpaired) electrons. The highest BCUT2D eigenvalue weighted by Gasteiger charge is 2.17. The van der Waals surface area contributed by atoms with Crippen molar-refractivity contribution < 1.29 is 29.0 Å². The van der Waals surface area contributed by atoms with Crippen LogP contribution in [-0.4, -0.2) is 36.2 Å². The average Bonchev–Trinajstić information content (AvgIpc) is 3.23. The van der Waals surface area contributed by atoms with E-state index in [1.165, 1.54) is 0 Å². The van der Waals surface area contributed by atoms with Crippen LogP contribution in [0.15, 0.2) is 52.6 Å². The van der Waals surface area contributed by atoms with E-state index in [1.807, 2.05) is 0 Å². The number of fused-ring (bicyclic) bond motifs is 1. The van der Waals surface area contributed by atoms with E-state index in [2.05, 4.69) is 26.6 Å². The first-order valence-electron chi connectivity index (χ1n) is 10.1. The molecule has 0 aromatic heterocycles. The number of amides is 2. The molecule has 2 amide bonds. The largest absolute Gasteiger partial charge is 0.481 e. The normalized spacial score (nSPS) is 12.3. The van der Waals surface area contributed by atoms with Crippen molar-refractivity contribution in [3.8, 4) is 11.5 Å². The summed E-state index contributed by atoms with van der Waals surface area (Å²) in [5.74, 6) is -0.504. The number of carboxylic acids is 1. The summed E-state index contributed by atoms with van der Waals surface area (Å²) in [5.41, 5.74) is 1.16. The lowest BCUT2D eigenvalue weighted by atomic mass is 10.1. The highest BCUT2D eigenvalue weighted by atomic mass is 79.9. The van der Waals surface area contributed by atoms with Crippen molar-refractivity contribution in [3.63, 3.8) is 0 Å². The summed E-state index contributed by atoms with van der Waals surface area (Å²) in [5, 5.41) is 14.1. The molecule has 0 bridgehead atoms. The number of carboxylic acid groups (broad SMARTS) is 1. The van der Waals surface area contributed by atoms with E-state index < -0.39 is 17.8 Å². The number of carbonyl (C=O) groups excluding carboxylic acids is 2. The number of rotatable bonds is 10. The number of ether oxygens (including phenoxy) is 2. The Balaban J connectivity index is 1.70. The molecule has 9 heteroatoms. The molecular formula is C23H23BrN2O6. The van der Waals surface area contributed by atoms with E-state index in [1.54, 1.807) is 48.5 Å². The van der Waals surface area contributed by atoms with Crippen LogP contribution >= 0.6 is 15.9 Å². The van der Waals surface area contributed by atoms with Crippen LogP contribution in [0.25, 0.3) is 6.08 Å². The third-order valence-electron chi connectivity index (χ3n) is 4.66. The fraction of sp³-hybridized carbons (Fsp3) is 0.261. The fourth-order valence-electron chi connectivity index (χ4n) is 3.00. The minimum Gasteiger partial charge on any atom is -0.481 e. The Morgan fingerprint density at radius 2 is 1.75 bits per heavy atom. The van der Waals surface area contributed by atoms with Crippen LogP contribution in [-0.2, 0) is 9.59 Å². The van der Waals surface area contributed by atoms with Gasteiger partial charge >= 0.3 is 5.97 Å². The Hall–Kier alpha value is -3.33. The molecule has 2 aromatic rings. The van der Waals surface area contributed by atoms with Gasteiger partial charge in [0.05, 0.1) is 0 Å². The van der Waals surface area contributed by atoms with Crippen LogP contribution in [0.4, 0.5) is 0 Å². The molecule has 3 N–H and O–H groups in total. The highest BCUT2D eigenvalue weighted by molar-refractivity contribution is 9.10. The molecule has 2 aromatic carbocycles. The molecule has 1 aliphatic heterocycles. The molecule has 8 nitrogen and oxygen atoms in total. The molecule has 0 atom stereocenters. The summed E-state index contributed by atoms with van der Waals surface area (Å²) >= 11 is 3.33. The molecule has 3 rings (SSSR count). The first kappa shape index (κ1) is 23.3. The summed E-state index contributed by atoms with van der Waals surface area (Å²) < 4.78 is 11.5. The Bertz CT molecular complexity index is 1020. The molecule has 0 aliphatic carbocycles. The first-order valence-corrected chi connectivity index (χ1v) is 10.9. The van der Waals surface area contributed by atoms with Gasteiger partial charge in [-0.3, -0.25) is 14.4 Å². The second-order valence-electron chi connectivity index (χ2n) is 7.09. The van der Waals surface area contributed by atoms with E-state index in [-0.39, 0.29) is 18.9 Å². The number of carbonyl (C=O) groups is 3. The second-order valence-corrected chi connectivity index (χ2v) is 8.01. The highest BCUT2D eigenvalue weighted by Crippen LogP contribution is 2.33. The standard InChI is InChI=1S/C23H23BrN2O6/c24-17-8-6-16(7-9-17)22(29)26-18(23(30)25-11-3-1-2-4-21(27)28)12-15-5-10-19-20(13-15)32-14-31-19/h5-10,12-13H,1-4,11,14H2,(H,25,30)(H,26,29)(H,27,28)/b18-12+. The zero-order valence-electron chi connectivity index (χ0n) is 17.2. The first-order chi connectivity index (χ1) is 15.4. The third-order valence-corrected chi connectivity index (χ3v) is 5.19. The van der Waals surface area contributed by atoms with Gasteiger partial charge in [-0.15, -0.1) is 0 Å². The van der Waals surface area contributed by atoms with Gasteiger partial charge in [-0.2, -0.15) is 0 Å². The predicted octanol–water partition coefficient (Wildman–Crippen LogP) is 3.71. The summed E-state index contributed by atoms with van der Waals surface area (Å²) in [6.45, 7) is 0.503. The summed E-state index contributed by atoms with van der Waals surface area (Å²) in [4.78, 5) is 36.0. The Kier molecular flexibility index (Phi) is 8.27. The van der Waals surface area contributed by atoms with E-state index in [4.69, 9.17) is 14.6 Å². The number of unbranched alkanes of at least 4 members (excludes halogenated alkanes) is 2. The molecule has 32 heavy (non-hydrogen) atoms. The molecule has 0 saturated heterocycles. The van der Waals surface area contributed by atoms with Crippen molar-refractivity contribution in [2.24, 2.45) is 0 Å². The Labute approximate surface area is 193 Å². The van der Waals surface area contributed by atoms with Gasteiger partial charge in [-0.1, -0.05) is 28.4 Å². The van der Waals surface area contributed by atoms with Gasteiger partial charge in [-0.25, -0.2) is 0 Å². The van der Waals surface area contributed by atoms with Crippen molar-refractivity contribution in [2.75, 3.05) is 13.3 Å². The molecule has 0 unspecified atom stereocenters. The second kappa shape index (κ2) is 11.3. The van der Waals surface area contributed by atoms with Crippen LogP contribution in [0.1, 0.15) is 41.6 Å². The van der Waals surface area contributed by atoms with Gasteiger partial charge in [0.25, 0.3) is 11.8 Å². The molecule has 0 fully saturated rings. The van der Waals surface area contributed by atoms with Crippen LogP contribution in [0, 0.1) is 0 Å². The average molecular weight is 503 g/mol. The van der Waals surface area contributed by atoms with Gasteiger partial charge in [0.2, 0.25) is 6.79 Å². The van der Waals surface area contributed by atoms with E-state index >= 15 is 0 Å². The van der Waals surface area contributed by atoms with Crippen molar-refractivity contribution >= 4 is 39.8 Å². The monoisotopic (exact) mass is 502 g/mol. The van der Waals surface area contributed by atoms with Crippen molar-refractivity contribution in [2.45, 2.75) is 25.7 Å². The van der Waals surface area contributed by atoms with Crippen molar-refractivity contribution in [3.05, 3.63) is 63.8 Å². The SMILES string of the molecule is O=C(O)CCCCCNC(=O)/C(=C\c1ccc2c(c1)OCO2)NC(=O)c1ccc(Br)cc1. The van der Waals surface area contributed by atoms with Crippen LogP contribution < -0.4 is 20.1 Å². The van der Waals surface area contributed by atoms with Crippen molar-refractivity contribution in [1.82, 2.24) is 10.6 Å². The van der Waals surface area contributed by atoms with Crippen LogP contribution in [0.3, 0.4) is 0 Å². The third kappa shape index (κ3) is 6.84.